The third-order valence-corrected chi connectivity index (χ3v) is 9.56. The van der Waals surface area contributed by atoms with Gasteiger partial charge >= 0.3 is 5.97 Å². The van der Waals surface area contributed by atoms with Gasteiger partial charge in [-0.15, -0.1) is 0 Å². The number of nitrogens with zero attached hydrogens (tertiary/aromatic N) is 4. The molecule has 0 aliphatic carbocycles. The van der Waals surface area contributed by atoms with Crippen LogP contribution in [0, 0.1) is 53.4 Å². The molecule has 8 heteroatoms. The highest BCUT2D eigenvalue weighted by molar-refractivity contribution is 5.95. The molecule has 0 radical (unpaired) electrons. The summed E-state index contributed by atoms with van der Waals surface area (Å²) in [7, 11) is 0. The first-order valence-electron chi connectivity index (χ1n) is 17.4. The lowest BCUT2D eigenvalue weighted by atomic mass is 9.92. The van der Waals surface area contributed by atoms with Gasteiger partial charge in [-0.3, -0.25) is 0 Å². The SMILES string of the molecule is Cc1cc(C)c(-c2c3nc(nc4[nH]c(cc4C#Cc4ccc(C(=O)O)cc4)c(-c4c(C)cc(C)cc4C)c4nc(nc5ccc2[nH]5)C=C4)C=C3)c(C)c1. The Balaban J connectivity index is 1.47. The largest absolute Gasteiger partial charge is 0.478 e. The molecule has 0 saturated carbocycles. The number of H-pyrrole nitrogens is 2. The fraction of sp³-hybridized carbons (Fsp3) is 0.133. The zero-order valence-electron chi connectivity index (χ0n) is 30.3. The molecule has 2 aliphatic rings. The van der Waals surface area contributed by atoms with Gasteiger partial charge in [-0.05, 0) is 142 Å². The van der Waals surface area contributed by atoms with E-state index in [1.54, 1.807) is 24.3 Å². The van der Waals surface area contributed by atoms with Gasteiger partial charge in [0.1, 0.15) is 11.3 Å². The van der Waals surface area contributed by atoms with Crippen molar-refractivity contribution in [3.8, 4) is 34.1 Å². The number of aromatic nitrogens is 6. The summed E-state index contributed by atoms with van der Waals surface area (Å²) >= 11 is 0. The molecule has 0 amide bonds. The molecular weight excluding hydrogens is 657 g/mol. The topological polar surface area (TPSA) is 120 Å². The number of nitrogens with one attached hydrogen (secondary N) is 2. The predicted octanol–water partition coefficient (Wildman–Crippen LogP) is 9.73. The molecule has 8 nitrogen and oxygen atoms in total. The van der Waals surface area contributed by atoms with E-state index in [1.807, 2.05) is 42.5 Å². The lowest BCUT2D eigenvalue weighted by Gasteiger charge is -2.13. The summed E-state index contributed by atoms with van der Waals surface area (Å²) in [5, 5.41) is 9.38. The van der Waals surface area contributed by atoms with E-state index in [2.05, 4.69) is 87.6 Å². The molecule has 3 aromatic heterocycles. The molecule has 0 spiro atoms. The van der Waals surface area contributed by atoms with E-state index < -0.39 is 5.97 Å². The van der Waals surface area contributed by atoms with Gasteiger partial charge in [0.2, 0.25) is 0 Å². The van der Waals surface area contributed by atoms with Crippen LogP contribution in [0.1, 0.15) is 77.9 Å². The molecule has 53 heavy (non-hydrogen) atoms. The summed E-state index contributed by atoms with van der Waals surface area (Å²) in [6, 6.07) is 21.3. The monoisotopic (exact) mass is 692 g/mol. The third-order valence-electron chi connectivity index (χ3n) is 9.56. The van der Waals surface area contributed by atoms with Crippen LogP contribution in [0.15, 0.2) is 66.7 Å². The Hall–Kier alpha value is -6.85. The highest BCUT2D eigenvalue weighted by Gasteiger charge is 2.19. The highest BCUT2D eigenvalue weighted by atomic mass is 16.4. The second kappa shape index (κ2) is 13.0. The minimum absolute atomic E-state index is 0.205. The van der Waals surface area contributed by atoms with Crippen molar-refractivity contribution in [2.24, 2.45) is 0 Å². The lowest BCUT2D eigenvalue weighted by molar-refractivity contribution is 0.0697. The Bertz CT molecular complexity index is 2780. The van der Waals surface area contributed by atoms with E-state index in [0.717, 1.165) is 66.9 Å². The van der Waals surface area contributed by atoms with Gasteiger partial charge in [0.15, 0.2) is 11.6 Å². The van der Waals surface area contributed by atoms with Crippen LogP contribution in [0.2, 0.25) is 0 Å². The van der Waals surface area contributed by atoms with E-state index in [1.165, 1.54) is 11.1 Å². The Morgan fingerprint density at radius 1 is 0.566 bits per heavy atom. The zero-order valence-corrected chi connectivity index (χ0v) is 30.3. The minimum Gasteiger partial charge on any atom is -0.478 e. The Kier molecular flexibility index (Phi) is 8.19. The van der Waals surface area contributed by atoms with Crippen molar-refractivity contribution in [1.82, 2.24) is 29.9 Å². The minimum atomic E-state index is -0.982. The summed E-state index contributed by atoms with van der Waals surface area (Å²) in [5.74, 6) is 6.66. The maximum Gasteiger partial charge on any atom is 0.335 e. The summed E-state index contributed by atoms with van der Waals surface area (Å²) in [6.07, 6.45) is 7.87. The molecule has 2 aliphatic heterocycles. The van der Waals surface area contributed by atoms with Crippen molar-refractivity contribution < 1.29 is 9.90 Å². The van der Waals surface area contributed by atoms with Crippen LogP contribution in [0.25, 0.3) is 68.9 Å². The van der Waals surface area contributed by atoms with Crippen molar-refractivity contribution in [3.05, 3.63) is 140 Å². The second-order valence-corrected chi connectivity index (χ2v) is 13.7. The fourth-order valence-corrected chi connectivity index (χ4v) is 7.49. The van der Waals surface area contributed by atoms with E-state index in [4.69, 9.17) is 19.9 Å². The van der Waals surface area contributed by atoms with Crippen molar-refractivity contribution >= 4 is 52.6 Å². The van der Waals surface area contributed by atoms with E-state index >= 15 is 0 Å². The third kappa shape index (κ3) is 6.34. The molecule has 0 atom stereocenters. The quantitative estimate of drug-likeness (QED) is 0.159. The van der Waals surface area contributed by atoms with Crippen molar-refractivity contribution in [1.29, 1.82) is 0 Å². The molecular formula is C45H36N6O2. The molecule has 5 heterocycles. The van der Waals surface area contributed by atoms with Crippen LogP contribution < -0.4 is 0 Å². The molecule has 0 fully saturated rings. The van der Waals surface area contributed by atoms with E-state index in [9.17, 15) is 9.90 Å². The van der Waals surface area contributed by atoms with Crippen LogP contribution >= 0.6 is 0 Å². The maximum atomic E-state index is 11.4. The van der Waals surface area contributed by atoms with Gasteiger partial charge in [0.05, 0.1) is 28.0 Å². The summed E-state index contributed by atoms with van der Waals surface area (Å²) in [4.78, 5) is 38.8. The number of aryl methyl sites for hydroxylation is 6. The van der Waals surface area contributed by atoms with Gasteiger partial charge in [-0.2, -0.15) is 0 Å². The van der Waals surface area contributed by atoms with Gasteiger partial charge in [0, 0.05) is 22.2 Å². The van der Waals surface area contributed by atoms with E-state index in [0.29, 0.717) is 34.1 Å². The maximum absolute atomic E-state index is 11.4. The van der Waals surface area contributed by atoms with Gasteiger partial charge < -0.3 is 15.1 Å². The first kappa shape index (κ1) is 33.3. The number of hydrogen-bond acceptors (Lipinski definition) is 5. The predicted molar refractivity (Wildman–Crippen MR) is 213 cm³/mol. The Morgan fingerprint density at radius 3 is 1.68 bits per heavy atom. The normalized spacial score (nSPS) is 11.8. The van der Waals surface area contributed by atoms with Crippen LogP contribution in [-0.2, 0) is 0 Å². The van der Waals surface area contributed by atoms with E-state index in [-0.39, 0.29) is 5.56 Å². The van der Waals surface area contributed by atoms with Gasteiger partial charge in [0.25, 0.3) is 0 Å². The second-order valence-electron chi connectivity index (χ2n) is 13.7. The number of benzene rings is 3. The number of carbonyl (C=O) groups is 1. The first-order valence-corrected chi connectivity index (χ1v) is 17.4. The standard InChI is InChI=1S/C45H36N6O2/c1-24-19-26(3)40(27(4)20-24)42-33-13-16-37(46-33)50-38-17-14-35(47-38)43(41-28(5)21-25(2)22-29(41)6)36-23-32(44(49-36)51-39-18-15-34(42)48-39)12-9-30-7-10-31(11-8-30)45(52)53/h7-8,10-11,13-23H,1-6H3,(H,52,53)(H,46,47,50)(H,48,49,51). The molecule has 0 saturated heterocycles. The molecule has 8 bridgehead atoms. The fourth-order valence-electron chi connectivity index (χ4n) is 7.49. The van der Waals surface area contributed by atoms with Crippen molar-refractivity contribution in [2.75, 3.05) is 0 Å². The number of carboxylic acids is 1. The highest BCUT2D eigenvalue weighted by Crippen LogP contribution is 2.37. The van der Waals surface area contributed by atoms with Crippen LogP contribution in [0.5, 0.6) is 0 Å². The van der Waals surface area contributed by atoms with Crippen molar-refractivity contribution in [2.45, 2.75) is 41.5 Å². The molecule has 258 valence electrons. The average Bonchev–Trinajstić information content (AvgIpc) is 3.92. The zero-order chi connectivity index (χ0) is 37.0. The smallest absolute Gasteiger partial charge is 0.335 e. The van der Waals surface area contributed by atoms with Gasteiger partial charge in [-0.1, -0.05) is 47.2 Å². The Labute approximate surface area is 307 Å². The number of rotatable bonds is 3. The van der Waals surface area contributed by atoms with Crippen molar-refractivity contribution in [3.63, 3.8) is 0 Å². The van der Waals surface area contributed by atoms with Crippen LogP contribution in [0.3, 0.4) is 0 Å². The summed E-state index contributed by atoms with van der Waals surface area (Å²) in [5.41, 5.74) is 17.0. The lowest BCUT2D eigenvalue weighted by Crippen LogP contribution is -1.94. The summed E-state index contributed by atoms with van der Waals surface area (Å²) in [6.45, 7) is 12.7. The van der Waals surface area contributed by atoms with Crippen LogP contribution in [0.4, 0.5) is 0 Å². The Morgan fingerprint density at radius 2 is 1.11 bits per heavy atom. The number of fused-ring (bicyclic) bond motifs is 8. The first-order chi connectivity index (χ1) is 25.5. The molecule has 0 unspecified atom stereocenters. The average molecular weight is 693 g/mol. The summed E-state index contributed by atoms with van der Waals surface area (Å²) < 4.78 is 0. The molecule has 8 rings (SSSR count). The van der Waals surface area contributed by atoms with Crippen LogP contribution in [-0.4, -0.2) is 41.0 Å². The molecule has 3 aromatic carbocycles. The number of carboxylic acid groups (broad SMARTS) is 1. The number of aromatic amines is 2. The number of hydrogen-bond donors (Lipinski definition) is 3. The molecule has 3 N–H and O–H groups in total. The van der Waals surface area contributed by atoms with Gasteiger partial charge in [-0.25, -0.2) is 24.7 Å². The number of aromatic carboxylic acids is 1. The molecule has 6 aromatic rings.